The lowest BCUT2D eigenvalue weighted by molar-refractivity contribution is -0.139. The normalized spacial score (nSPS) is 16.3. The zero-order valence-electron chi connectivity index (χ0n) is 17.1. The molecule has 0 fully saturated rings. The van der Waals surface area contributed by atoms with Crippen molar-refractivity contribution in [2.24, 2.45) is 0 Å². The van der Waals surface area contributed by atoms with E-state index in [1.54, 1.807) is 18.3 Å². The van der Waals surface area contributed by atoms with Gasteiger partial charge in [-0.15, -0.1) is 0 Å². The highest BCUT2D eigenvalue weighted by molar-refractivity contribution is 5.83. The van der Waals surface area contributed by atoms with Gasteiger partial charge in [0.15, 0.2) is 0 Å². The van der Waals surface area contributed by atoms with E-state index in [1.165, 1.54) is 0 Å². The number of methoxy groups -OCH3 is 1. The van der Waals surface area contributed by atoms with Crippen LogP contribution in [0.3, 0.4) is 0 Å². The molecule has 8 nitrogen and oxygen atoms in total. The van der Waals surface area contributed by atoms with Crippen molar-refractivity contribution in [2.75, 3.05) is 13.7 Å². The zero-order valence-corrected chi connectivity index (χ0v) is 17.1. The lowest BCUT2D eigenvalue weighted by atomic mass is 9.96. The number of imidazole rings is 1. The number of nitrogens with one attached hydrogen (secondary N) is 2. The number of urea groups is 1. The molecule has 0 aliphatic carbocycles. The van der Waals surface area contributed by atoms with Gasteiger partial charge >= 0.3 is 12.0 Å². The molecule has 1 aromatic heterocycles. The Kier molecular flexibility index (Phi) is 5.88. The summed E-state index contributed by atoms with van der Waals surface area (Å²) >= 11 is 0. The Labute approximate surface area is 179 Å². The van der Waals surface area contributed by atoms with Crippen molar-refractivity contribution < 1.29 is 19.4 Å². The summed E-state index contributed by atoms with van der Waals surface area (Å²) in [6, 6.07) is 14.8. The summed E-state index contributed by atoms with van der Waals surface area (Å²) in [7, 11) is 1.60. The van der Waals surface area contributed by atoms with Gasteiger partial charge in [0.25, 0.3) is 0 Å². The van der Waals surface area contributed by atoms with Crippen LogP contribution in [0.1, 0.15) is 28.6 Å². The molecule has 160 valence electrons. The maximum atomic E-state index is 13.2. The van der Waals surface area contributed by atoms with Crippen LogP contribution in [0.5, 0.6) is 5.75 Å². The highest BCUT2D eigenvalue weighted by atomic mass is 16.5. The van der Waals surface area contributed by atoms with Gasteiger partial charge < -0.3 is 25.0 Å². The predicted octanol–water partition coefficient (Wildman–Crippen LogP) is 2.77. The van der Waals surface area contributed by atoms with E-state index in [0.29, 0.717) is 18.7 Å². The van der Waals surface area contributed by atoms with E-state index in [-0.39, 0.29) is 6.42 Å². The number of rotatable bonds is 6. The maximum Gasteiger partial charge on any atom is 0.326 e. The number of hydrogen-bond donors (Lipinski definition) is 3. The number of carbonyl (C=O) groups excluding carboxylic acids is 1. The van der Waals surface area contributed by atoms with Crippen molar-refractivity contribution in [1.29, 1.82) is 0 Å². The van der Waals surface area contributed by atoms with E-state index in [1.807, 2.05) is 54.6 Å². The molecular formula is C23H24N4O4. The molecule has 1 aliphatic rings. The fourth-order valence-corrected chi connectivity index (χ4v) is 3.90. The van der Waals surface area contributed by atoms with Gasteiger partial charge in [0, 0.05) is 25.1 Å². The van der Waals surface area contributed by atoms with Crippen LogP contribution in [-0.4, -0.2) is 51.7 Å². The number of aliphatic carboxylic acids is 1. The van der Waals surface area contributed by atoms with Gasteiger partial charge in [-0.05, 0) is 23.3 Å². The number of aromatic amines is 1. The van der Waals surface area contributed by atoms with Crippen LogP contribution >= 0.6 is 0 Å². The average Bonchev–Trinajstić information content (AvgIpc) is 3.27. The number of nitrogens with zero attached hydrogens (tertiary/aromatic N) is 2. The van der Waals surface area contributed by atoms with Crippen LogP contribution in [0.4, 0.5) is 4.79 Å². The van der Waals surface area contributed by atoms with Crippen molar-refractivity contribution in [3.63, 3.8) is 0 Å². The van der Waals surface area contributed by atoms with E-state index < -0.39 is 24.1 Å². The molecule has 0 saturated carbocycles. The van der Waals surface area contributed by atoms with E-state index >= 15 is 0 Å². The van der Waals surface area contributed by atoms with Crippen molar-refractivity contribution in [3.8, 4) is 5.75 Å². The van der Waals surface area contributed by atoms with Gasteiger partial charge in [-0.25, -0.2) is 14.6 Å². The van der Waals surface area contributed by atoms with Crippen LogP contribution in [0.25, 0.3) is 0 Å². The molecule has 0 unspecified atom stereocenters. The third-order valence-corrected chi connectivity index (χ3v) is 5.50. The number of carboxylic acid groups (broad SMARTS) is 1. The molecule has 2 aromatic carbocycles. The summed E-state index contributed by atoms with van der Waals surface area (Å²) in [5.41, 5.74) is 3.46. The van der Waals surface area contributed by atoms with Crippen LogP contribution in [-0.2, 0) is 17.6 Å². The highest BCUT2D eigenvalue weighted by Gasteiger charge is 2.35. The van der Waals surface area contributed by atoms with Crippen LogP contribution in [0, 0.1) is 0 Å². The number of amides is 2. The largest absolute Gasteiger partial charge is 0.497 e. The second kappa shape index (κ2) is 8.91. The Morgan fingerprint density at radius 2 is 1.97 bits per heavy atom. The minimum atomic E-state index is -1.07. The molecule has 3 N–H and O–H groups in total. The molecule has 0 spiro atoms. The monoisotopic (exact) mass is 420 g/mol. The minimum Gasteiger partial charge on any atom is -0.497 e. The third-order valence-electron chi connectivity index (χ3n) is 5.50. The quantitative estimate of drug-likeness (QED) is 0.568. The number of carboxylic acids is 1. The Morgan fingerprint density at radius 1 is 1.23 bits per heavy atom. The molecule has 0 radical (unpaired) electrons. The molecule has 0 saturated heterocycles. The first-order valence-electron chi connectivity index (χ1n) is 10.1. The summed E-state index contributed by atoms with van der Waals surface area (Å²) < 4.78 is 5.24. The first-order valence-corrected chi connectivity index (χ1v) is 10.1. The third kappa shape index (κ3) is 4.37. The van der Waals surface area contributed by atoms with E-state index in [9.17, 15) is 14.7 Å². The summed E-state index contributed by atoms with van der Waals surface area (Å²) in [6.45, 7) is 0.440. The van der Waals surface area contributed by atoms with Gasteiger partial charge in [0.1, 0.15) is 17.8 Å². The van der Waals surface area contributed by atoms with E-state index in [4.69, 9.17) is 4.74 Å². The molecule has 8 heteroatoms. The number of ether oxygens (including phenoxy) is 1. The van der Waals surface area contributed by atoms with Crippen LogP contribution in [0.2, 0.25) is 0 Å². The average molecular weight is 420 g/mol. The number of hydrogen-bond acceptors (Lipinski definition) is 4. The molecular weight excluding hydrogens is 396 g/mol. The molecule has 0 bridgehead atoms. The molecule has 2 amide bonds. The highest BCUT2D eigenvalue weighted by Crippen LogP contribution is 2.34. The Balaban J connectivity index is 1.59. The number of benzene rings is 2. The SMILES string of the molecule is COc1ccc([C@H]2c3nc[nH]c3CCN2C(=O)N[C@@H](Cc2ccccc2)C(=O)O)cc1. The minimum absolute atomic E-state index is 0.205. The van der Waals surface area contributed by atoms with Crippen molar-refractivity contribution in [3.05, 3.63) is 83.4 Å². The van der Waals surface area contributed by atoms with E-state index in [0.717, 1.165) is 22.5 Å². The lowest BCUT2D eigenvalue weighted by Gasteiger charge is -2.36. The standard InChI is InChI=1S/C23H24N4O4/c1-31-17-9-7-16(8-10-17)21-20-18(24-14-25-20)11-12-27(21)23(30)26-19(22(28)29)13-15-5-3-2-4-6-15/h2-10,14,19,21H,11-13H2,1H3,(H,24,25)(H,26,30)(H,28,29)/t19-,21-/m0/s1. The molecule has 4 rings (SSSR count). The fourth-order valence-electron chi connectivity index (χ4n) is 3.90. The predicted molar refractivity (Wildman–Crippen MR) is 114 cm³/mol. The van der Waals surface area contributed by atoms with Crippen molar-refractivity contribution in [1.82, 2.24) is 20.2 Å². The van der Waals surface area contributed by atoms with Crippen molar-refractivity contribution >= 4 is 12.0 Å². The molecule has 31 heavy (non-hydrogen) atoms. The zero-order chi connectivity index (χ0) is 21.8. The smallest absolute Gasteiger partial charge is 0.326 e. The van der Waals surface area contributed by atoms with Gasteiger partial charge in [0.2, 0.25) is 0 Å². The number of H-pyrrole nitrogens is 1. The Morgan fingerprint density at radius 3 is 2.65 bits per heavy atom. The maximum absolute atomic E-state index is 13.2. The van der Waals surface area contributed by atoms with E-state index in [2.05, 4.69) is 15.3 Å². The van der Waals surface area contributed by atoms with Crippen LogP contribution in [0.15, 0.2) is 60.9 Å². The Hall–Kier alpha value is -3.81. The Bertz CT molecular complexity index is 1050. The summed E-state index contributed by atoms with van der Waals surface area (Å²) in [5.74, 6) is -0.359. The van der Waals surface area contributed by atoms with Gasteiger partial charge in [-0.2, -0.15) is 0 Å². The molecule has 2 heterocycles. The molecule has 2 atom stereocenters. The first-order chi connectivity index (χ1) is 15.1. The van der Waals surface area contributed by atoms with Gasteiger partial charge in [-0.3, -0.25) is 0 Å². The van der Waals surface area contributed by atoms with Crippen molar-refractivity contribution in [2.45, 2.75) is 24.9 Å². The number of aromatic nitrogens is 2. The molecule has 3 aromatic rings. The fraction of sp³-hybridized carbons (Fsp3) is 0.261. The second-order valence-electron chi connectivity index (χ2n) is 7.42. The number of fused-ring (bicyclic) bond motifs is 1. The summed E-state index contributed by atoms with van der Waals surface area (Å²) in [4.78, 5) is 34.3. The second-order valence-corrected chi connectivity index (χ2v) is 7.42. The lowest BCUT2D eigenvalue weighted by Crippen LogP contribution is -2.51. The first kappa shape index (κ1) is 20.5. The van der Waals surface area contributed by atoms with Crippen LogP contribution < -0.4 is 10.1 Å². The molecule has 1 aliphatic heterocycles. The number of carbonyl (C=O) groups is 2. The van der Waals surface area contributed by atoms with Gasteiger partial charge in [-0.1, -0.05) is 42.5 Å². The van der Waals surface area contributed by atoms with Gasteiger partial charge in [0.05, 0.1) is 19.1 Å². The summed E-state index contributed by atoms with van der Waals surface area (Å²) in [5, 5.41) is 12.4. The topological polar surface area (TPSA) is 108 Å². The summed E-state index contributed by atoms with van der Waals surface area (Å²) in [6.07, 6.45) is 2.44.